The van der Waals surface area contributed by atoms with Crippen molar-refractivity contribution in [1.82, 2.24) is 5.48 Å². The molecule has 1 aliphatic heterocycles. The summed E-state index contributed by atoms with van der Waals surface area (Å²) in [5.74, 6) is -0.898. The molecule has 27 heavy (non-hydrogen) atoms. The Morgan fingerprint density at radius 2 is 2.04 bits per heavy atom. The minimum Gasteiger partial charge on any atom is -0.309 e. The lowest BCUT2D eigenvalue weighted by atomic mass is 9.70. The van der Waals surface area contributed by atoms with Gasteiger partial charge in [-0.1, -0.05) is 18.2 Å². The Bertz CT molecular complexity index is 943. The van der Waals surface area contributed by atoms with Gasteiger partial charge in [0.05, 0.1) is 11.1 Å². The van der Waals surface area contributed by atoms with E-state index in [1.54, 1.807) is 47.6 Å². The lowest BCUT2D eigenvalue weighted by molar-refractivity contribution is -0.126. The van der Waals surface area contributed by atoms with Crippen LogP contribution in [0.5, 0.6) is 0 Å². The van der Waals surface area contributed by atoms with Gasteiger partial charge in [-0.15, -0.1) is 0 Å². The van der Waals surface area contributed by atoms with Crippen LogP contribution in [0.2, 0.25) is 0 Å². The first-order valence-electron chi connectivity index (χ1n) is 9.08. The Balaban J connectivity index is 1.62. The van der Waals surface area contributed by atoms with Crippen LogP contribution in [0.15, 0.2) is 36.4 Å². The Morgan fingerprint density at radius 1 is 1.22 bits per heavy atom. The largest absolute Gasteiger partial charge is 0.309 e. The molecule has 140 valence electrons. The molecule has 4 rings (SSSR count). The molecule has 0 aromatic heterocycles. The molecule has 5 nitrogen and oxygen atoms in total. The Kier molecular flexibility index (Phi) is 4.23. The highest BCUT2D eigenvalue weighted by Crippen LogP contribution is 2.45. The summed E-state index contributed by atoms with van der Waals surface area (Å²) in [4.78, 5) is 26.4. The van der Waals surface area contributed by atoms with Crippen LogP contribution in [0.3, 0.4) is 0 Å². The number of carbonyl (C=O) groups is 2. The zero-order chi connectivity index (χ0) is 19.2. The molecule has 1 atom stereocenters. The van der Waals surface area contributed by atoms with Crippen LogP contribution in [-0.4, -0.2) is 23.6 Å². The van der Waals surface area contributed by atoms with Crippen LogP contribution in [-0.2, 0) is 17.6 Å². The molecule has 6 heteroatoms. The second-order valence-electron chi connectivity index (χ2n) is 7.50. The topological polar surface area (TPSA) is 69.6 Å². The maximum Gasteiger partial charge on any atom is 0.274 e. The monoisotopic (exact) mass is 368 g/mol. The van der Waals surface area contributed by atoms with Crippen molar-refractivity contribution in [3.8, 4) is 0 Å². The average molecular weight is 368 g/mol. The normalized spacial score (nSPS) is 21.4. The summed E-state index contributed by atoms with van der Waals surface area (Å²) >= 11 is 0. The molecule has 2 aromatic carbocycles. The molecule has 2 aromatic rings. The first-order valence-corrected chi connectivity index (χ1v) is 9.08. The van der Waals surface area contributed by atoms with E-state index in [2.05, 4.69) is 0 Å². The predicted molar refractivity (Wildman–Crippen MR) is 98.3 cm³/mol. The maximum absolute atomic E-state index is 14.5. The first kappa shape index (κ1) is 17.7. The highest BCUT2D eigenvalue weighted by atomic mass is 19.1. The molecule has 0 radical (unpaired) electrons. The number of benzene rings is 2. The molecular weight excluding hydrogens is 347 g/mol. The van der Waals surface area contributed by atoms with Gasteiger partial charge < -0.3 is 4.90 Å². The number of fused-ring (bicyclic) bond motifs is 1. The molecule has 2 aliphatic rings. The molecule has 2 N–H and O–H groups in total. The van der Waals surface area contributed by atoms with Crippen LogP contribution in [0.4, 0.5) is 10.1 Å². The molecule has 1 spiro atoms. The van der Waals surface area contributed by atoms with Crippen LogP contribution in [0, 0.1) is 18.2 Å². The van der Waals surface area contributed by atoms with Crippen LogP contribution in [0.25, 0.3) is 0 Å². The number of hydroxylamine groups is 1. The Morgan fingerprint density at radius 3 is 2.81 bits per heavy atom. The summed E-state index contributed by atoms with van der Waals surface area (Å²) in [7, 11) is 0. The third kappa shape index (κ3) is 2.80. The highest BCUT2D eigenvalue weighted by Gasteiger charge is 2.49. The maximum atomic E-state index is 14.5. The predicted octanol–water partition coefficient (Wildman–Crippen LogP) is 3.17. The molecule has 1 saturated heterocycles. The number of amides is 2. The van der Waals surface area contributed by atoms with E-state index >= 15 is 0 Å². The number of rotatable bonds is 2. The number of hydrogen-bond donors (Lipinski definition) is 2. The fraction of sp³-hybridized carbons (Fsp3) is 0.333. The van der Waals surface area contributed by atoms with Gasteiger partial charge in [0.15, 0.2) is 0 Å². The third-order valence-electron chi connectivity index (χ3n) is 5.95. The summed E-state index contributed by atoms with van der Waals surface area (Å²) in [6.45, 7) is 2.21. The number of nitrogens with one attached hydrogen (secondary N) is 1. The molecule has 0 bridgehead atoms. The SMILES string of the molecule is Cc1cccc(N2CC[C@]3(CCc4cc(C(=O)NO)ccc4C3)C2=O)c1F. The van der Waals surface area contributed by atoms with E-state index in [-0.39, 0.29) is 11.7 Å². The molecule has 0 unspecified atom stereocenters. The van der Waals surface area contributed by atoms with Gasteiger partial charge in [-0.3, -0.25) is 14.8 Å². The van der Waals surface area contributed by atoms with Gasteiger partial charge in [0.25, 0.3) is 5.91 Å². The minimum atomic E-state index is -0.545. The fourth-order valence-corrected chi connectivity index (χ4v) is 4.35. The van der Waals surface area contributed by atoms with Gasteiger partial charge >= 0.3 is 0 Å². The van der Waals surface area contributed by atoms with Crippen molar-refractivity contribution >= 4 is 17.5 Å². The molecule has 2 amide bonds. The quantitative estimate of drug-likeness (QED) is 0.632. The van der Waals surface area contributed by atoms with E-state index in [9.17, 15) is 14.0 Å². The van der Waals surface area contributed by atoms with Gasteiger partial charge in [-0.2, -0.15) is 0 Å². The average Bonchev–Trinajstić information content (AvgIpc) is 2.99. The number of nitrogens with zero attached hydrogens (tertiary/aromatic N) is 1. The summed E-state index contributed by atoms with van der Waals surface area (Å²) in [6.07, 6.45) is 2.63. The Hall–Kier alpha value is -2.73. The van der Waals surface area contributed by atoms with Gasteiger partial charge in [0, 0.05) is 12.1 Å². The minimum absolute atomic E-state index is 0.0187. The zero-order valence-corrected chi connectivity index (χ0v) is 15.1. The molecule has 1 aliphatic carbocycles. The highest BCUT2D eigenvalue weighted by molar-refractivity contribution is 6.00. The van der Waals surface area contributed by atoms with Gasteiger partial charge in [0.1, 0.15) is 5.82 Å². The van der Waals surface area contributed by atoms with Crippen LogP contribution < -0.4 is 10.4 Å². The summed E-state index contributed by atoms with van der Waals surface area (Å²) in [5, 5.41) is 8.79. The van der Waals surface area contributed by atoms with E-state index in [0.717, 1.165) is 11.1 Å². The van der Waals surface area contributed by atoms with Crippen molar-refractivity contribution in [2.24, 2.45) is 5.41 Å². The number of halogens is 1. The second kappa shape index (κ2) is 6.46. The summed E-state index contributed by atoms with van der Waals surface area (Å²) in [6, 6.07) is 10.4. The standard InChI is InChI=1S/C21H21FN2O3/c1-13-3-2-4-17(18(13)22)24-10-9-21(20(24)26)8-7-14-11-15(19(25)23-27)5-6-16(14)12-21/h2-6,11,27H,7-10,12H2,1H3,(H,23,25)/t21-/m0/s1. The number of carbonyl (C=O) groups excluding carboxylic acids is 2. The fourth-order valence-electron chi connectivity index (χ4n) is 4.35. The molecule has 1 fully saturated rings. The Labute approximate surface area is 156 Å². The van der Waals surface area contributed by atoms with Crippen molar-refractivity contribution in [3.05, 3.63) is 64.5 Å². The number of hydrogen-bond acceptors (Lipinski definition) is 3. The zero-order valence-electron chi connectivity index (χ0n) is 15.1. The third-order valence-corrected chi connectivity index (χ3v) is 5.95. The van der Waals surface area contributed by atoms with E-state index in [0.29, 0.717) is 49.0 Å². The summed E-state index contributed by atoms with van der Waals surface area (Å²) in [5.41, 5.74) is 4.48. The smallest absolute Gasteiger partial charge is 0.274 e. The van der Waals surface area contributed by atoms with Crippen molar-refractivity contribution in [1.29, 1.82) is 0 Å². The van der Waals surface area contributed by atoms with Crippen LogP contribution >= 0.6 is 0 Å². The molecule has 1 heterocycles. The van der Waals surface area contributed by atoms with Crippen LogP contribution in [0.1, 0.15) is 39.9 Å². The van der Waals surface area contributed by atoms with E-state index in [1.807, 2.05) is 6.07 Å². The summed E-state index contributed by atoms with van der Waals surface area (Å²) < 4.78 is 14.5. The van der Waals surface area contributed by atoms with Crippen molar-refractivity contribution < 1.29 is 19.2 Å². The number of anilines is 1. The first-order chi connectivity index (χ1) is 12.9. The molecular formula is C21H21FN2O3. The van der Waals surface area contributed by atoms with Gasteiger partial charge in [-0.25, -0.2) is 9.87 Å². The van der Waals surface area contributed by atoms with Crippen molar-refractivity contribution in [3.63, 3.8) is 0 Å². The lowest BCUT2D eigenvalue weighted by Gasteiger charge is -2.33. The molecule has 0 saturated carbocycles. The number of aryl methyl sites for hydroxylation is 2. The van der Waals surface area contributed by atoms with Crippen molar-refractivity contribution in [2.75, 3.05) is 11.4 Å². The van der Waals surface area contributed by atoms with Gasteiger partial charge in [-0.05, 0) is 67.5 Å². The lowest BCUT2D eigenvalue weighted by Crippen LogP contribution is -2.39. The van der Waals surface area contributed by atoms with E-state index in [1.165, 1.54) is 0 Å². The van der Waals surface area contributed by atoms with Crippen molar-refractivity contribution in [2.45, 2.75) is 32.6 Å². The van der Waals surface area contributed by atoms with E-state index in [4.69, 9.17) is 5.21 Å². The van der Waals surface area contributed by atoms with Gasteiger partial charge in [0.2, 0.25) is 5.91 Å². The second-order valence-corrected chi connectivity index (χ2v) is 7.50. The van der Waals surface area contributed by atoms with E-state index < -0.39 is 11.3 Å².